The number of amides is 1. The molecule has 3 rings (SSSR count). The average molecular weight is 420 g/mol. The smallest absolute Gasteiger partial charge is 0.277 e. The number of para-hydroxylation sites is 1. The largest absolute Gasteiger partial charge is 0.489 e. The number of rotatable bonds is 8. The summed E-state index contributed by atoms with van der Waals surface area (Å²) in [5.74, 6) is 0.700. The van der Waals surface area contributed by atoms with E-state index in [0.29, 0.717) is 28.7 Å². The molecule has 0 heterocycles. The third kappa shape index (κ3) is 6.09. The Morgan fingerprint density at radius 2 is 1.77 bits per heavy atom. The zero-order valence-corrected chi connectivity index (χ0v) is 16.7. The van der Waals surface area contributed by atoms with Crippen molar-refractivity contribution in [2.24, 2.45) is 5.10 Å². The molecule has 150 valence electrons. The highest BCUT2D eigenvalue weighted by atomic mass is 35.5. The Hall–Kier alpha value is -3.82. The number of halogens is 1. The van der Waals surface area contributed by atoms with E-state index in [1.807, 2.05) is 18.2 Å². The summed E-state index contributed by atoms with van der Waals surface area (Å²) in [6.45, 7) is 0.108. The number of hydrazone groups is 1. The first-order valence-electron chi connectivity index (χ1n) is 9.06. The van der Waals surface area contributed by atoms with Gasteiger partial charge < -0.3 is 9.47 Å². The highest BCUT2D eigenvalue weighted by Gasteiger charge is 2.04. The monoisotopic (exact) mass is 419 g/mol. The molecule has 0 atom stereocenters. The number of nitrogens with one attached hydrogen (secondary N) is 1. The molecule has 1 N–H and O–H groups in total. The minimum Gasteiger partial charge on any atom is -0.489 e. The molecular weight excluding hydrogens is 402 g/mol. The molecule has 3 aromatic rings. The van der Waals surface area contributed by atoms with Gasteiger partial charge >= 0.3 is 0 Å². The molecule has 0 aliphatic heterocycles. The molecule has 0 aliphatic rings. The molecule has 0 saturated heterocycles. The van der Waals surface area contributed by atoms with Crippen LogP contribution in [0, 0.1) is 11.3 Å². The summed E-state index contributed by atoms with van der Waals surface area (Å²) in [6.07, 6.45) is 1.52. The minimum absolute atomic E-state index is 0.196. The number of carbonyl (C=O) groups excluding carboxylic acids is 1. The van der Waals surface area contributed by atoms with E-state index in [9.17, 15) is 4.79 Å². The standard InChI is InChI=1S/C23H18ClN3O3/c24-21-7-3-4-8-22(21)30-16-23(28)27-26-14-17-9-11-20(12-10-17)29-15-19-6-2-1-5-18(19)13-25/h1-12,14H,15-16H2,(H,27,28)/b26-14+. The molecule has 0 aliphatic carbocycles. The van der Waals surface area contributed by atoms with E-state index in [-0.39, 0.29) is 6.61 Å². The molecule has 7 heteroatoms. The topological polar surface area (TPSA) is 83.7 Å². The van der Waals surface area contributed by atoms with E-state index in [2.05, 4.69) is 16.6 Å². The second-order valence-corrected chi connectivity index (χ2v) is 6.55. The molecule has 0 fully saturated rings. The van der Waals surface area contributed by atoms with Crippen LogP contribution in [0.25, 0.3) is 0 Å². The molecule has 0 unspecified atom stereocenters. The number of hydrogen-bond donors (Lipinski definition) is 1. The van der Waals surface area contributed by atoms with Crippen LogP contribution >= 0.6 is 11.6 Å². The summed E-state index contributed by atoms with van der Waals surface area (Å²) in [6, 6.07) is 23.6. The molecule has 0 bridgehead atoms. The third-order valence-corrected chi connectivity index (χ3v) is 4.32. The molecule has 0 radical (unpaired) electrons. The Balaban J connectivity index is 1.45. The lowest BCUT2D eigenvalue weighted by atomic mass is 10.1. The van der Waals surface area contributed by atoms with Gasteiger partial charge in [-0.1, -0.05) is 41.9 Å². The molecule has 6 nitrogen and oxygen atoms in total. The van der Waals surface area contributed by atoms with Crippen LogP contribution in [-0.4, -0.2) is 18.7 Å². The maximum atomic E-state index is 11.8. The number of nitrogens with zero attached hydrogens (tertiary/aromatic N) is 2. The first-order valence-corrected chi connectivity index (χ1v) is 9.43. The predicted molar refractivity (Wildman–Crippen MR) is 115 cm³/mol. The summed E-state index contributed by atoms with van der Waals surface area (Å²) >= 11 is 5.97. The minimum atomic E-state index is -0.401. The van der Waals surface area contributed by atoms with Crippen LogP contribution in [0.2, 0.25) is 5.02 Å². The van der Waals surface area contributed by atoms with Gasteiger partial charge in [-0.25, -0.2) is 5.43 Å². The summed E-state index contributed by atoms with van der Waals surface area (Å²) in [5.41, 5.74) is 4.60. The van der Waals surface area contributed by atoms with Crippen molar-refractivity contribution in [1.82, 2.24) is 5.43 Å². The van der Waals surface area contributed by atoms with Crippen molar-refractivity contribution in [3.63, 3.8) is 0 Å². The zero-order valence-electron chi connectivity index (χ0n) is 15.9. The van der Waals surface area contributed by atoms with Gasteiger partial charge in [-0.15, -0.1) is 0 Å². The van der Waals surface area contributed by atoms with Crippen LogP contribution in [0.1, 0.15) is 16.7 Å². The van der Waals surface area contributed by atoms with E-state index in [0.717, 1.165) is 11.1 Å². The van der Waals surface area contributed by atoms with Crippen LogP contribution in [-0.2, 0) is 11.4 Å². The maximum absolute atomic E-state index is 11.8. The Kier molecular flexibility index (Phi) is 7.42. The Labute approximate surface area is 179 Å². The second-order valence-electron chi connectivity index (χ2n) is 6.14. The summed E-state index contributed by atoms with van der Waals surface area (Å²) < 4.78 is 11.1. The van der Waals surface area contributed by atoms with Crippen molar-refractivity contribution in [3.8, 4) is 17.6 Å². The van der Waals surface area contributed by atoms with E-state index < -0.39 is 5.91 Å². The number of carbonyl (C=O) groups is 1. The third-order valence-electron chi connectivity index (χ3n) is 4.01. The zero-order chi connectivity index (χ0) is 21.2. The average Bonchev–Trinajstić information content (AvgIpc) is 2.78. The molecule has 0 aromatic heterocycles. The SMILES string of the molecule is N#Cc1ccccc1COc1ccc(/C=N/NC(=O)COc2ccccc2Cl)cc1. The van der Waals surface area contributed by atoms with Crippen LogP contribution < -0.4 is 14.9 Å². The number of ether oxygens (including phenoxy) is 2. The van der Waals surface area contributed by atoms with E-state index in [1.54, 1.807) is 54.6 Å². The maximum Gasteiger partial charge on any atom is 0.277 e. The van der Waals surface area contributed by atoms with E-state index in [1.165, 1.54) is 6.21 Å². The molecule has 1 amide bonds. The predicted octanol–water partition coefficient (Wildman–Crippen LogP) is 4.32. The van der Waals surface area contributed by atoms with E-state index >= 15 is 0 Å². The Morgan fingerprint density at radius 1 is 1.03 bits per heavy atom. The summed E-state index contributed by atoms with van der Waals surface area (Å²) in [7, 11) is 0. The van der Waals surface area contributed by atoms with Crippen molar-refractivity contribution >= 4 is 23.7 Å². The molecule has 3 aromatic carbocycles. The highest BCUT2D eigenvalue weighted by Crippen LogP contribution is 2.22. The van der Waals surface area contributed by atoms with Crippen molar-refractivity contribution in [3.05, 3.63) is 94.5 Å². The Bertz CT molecular complexity index is 1080. The van der Waals surface area contributed by atoms with Crippen LogP contribution in [0.15, 0.2) is 77.9 Å². The highest BCUT2D eigenvalue weighted by molar-refractivity contribution is 6.32. The van der Waals surface area contributed by atoms with Crippen molar-refractivity contribution < 1.29 is 14.3 Å². The van der Waals surface area contributed by atoms with Gasteiger partial charge in [-0.2, -0.15) is 10.4 Å². The van der Waals surface area contributed by atoms with Gasteiger partial charge in [0.25, 0.3) is 5.91 Å². The fourth-order valence-corrected chi connectivity index (χ4v) is 2.67. The summed E-state index contributed by atoms with van der Waals surface area (Å²) in [4.78, 5) is 11.8. The van der Waals surface area contributed by atoms with Gasteiger partial charge in [0.1, 0.15) is 18.1 Å². The van der Waals surface area contributed by atoms with Gasteiger partial charge in [0.05, 0.1) is 22.9 Å². The fraction of sp³-hybridized carbons (Fsp3) is 0.0870. The second kappa shape index (κ2) is 10.6. The molecule has 30 heavy (non-hydrogen) atoms. The number of nitriles is 1. The Morgan fingerprint density at radius 3 is 2.53 bits per heavy atom. The van der Waals surface area contributed by atoms with Crippen molar-refractivity contribution in [2.75, 3.05) is 6.61 Å². The first kappa shape index (κ1) is 20.9. The molecule has 0 spiro atoms. The van der Waals surface area contributed by atoms with Crippen LogP contribution in [0.3, 0.4) is 0 Å². The number of benzene rings is 3. The first-order chi connectivity index (χ1) is 14.7. The van der Waals surface area contributed by atoms with Crippen molar-refractivity contribution in [2.45, 2.75) is 6.61 Å². The lowest BCUT2D eigenvalue weighted by Gasteiger charge is -2.08. The van der Waals surface area contributed by atoms with Gasteiger partial charge in [0.15, 0.2) is 6.61 Å². The lowest BCUT2D eigenvalue weighted by Crippen LogP contribution is -2.24. The fourth-order valence-electron chi connectivity index (χ4n) is 2.48. The normalized spacial score (nSPS) is 10.4. The lowest BCUT2D eigenvalue weighted by molar-refractivity contribution is -0.123. The van der Waals surface area contributed by atoms with Crippen LogP contribution in [0.4, 0.5) is 0 Å². The van der Waals surface area contributed by atoms with E-state index in [4.69, 9.17) is 26.3 Å². The molecule has 0 saturated carbocycles. The summed E-state index contributed by atoms with van der Waals surface area (Å²) in [5, 5.41) is 13.5. The van der Waals surface area contributed by atoms with Crippen LogP contribution in [0.5, 0.6) is 11.5 Å². The molecular formula is C23H18ClN3O3. The van der Waals surface area contributed by atoms with Crippen molar-refractivity contribution in [1.29, 1.82) is 5.26 Å². The van der Waals surface area contributed by atoms with Gasteiger partial charge in [0, 0.05) is 5.56 Å². The number of hydrogen-bond acceptors (Lipinski definition) is 5. The quantitative estimate of drug-likeness (QED) is 0.435. The van der Waals surface area contributed by atoms with Gasteiger partial charge in [0.2, 0.25) is 0 Å². The van der Waals surface area contributed by atoms with Gasteiger partial charge in [-0.05, 0) is 48.0 Å². The van der Waals surface area contributed by atoms with Gasteiger partial charge in [-0.3, -0.25) is 4.79 Å².